The summed E-state index contributed by atoms with van der Waals surface area (Å²) in [6, 6.07) is 7.47. The number of hydrogen-bond donors (Lipinski definition) is 2. The lowest BCUT2D eigenvalue weighted by Gasteiger charge is -2.07. The Morgan fingerprint density at radius 3 is 1.34 bits per heavy atom. The van der Waals surface area contributed by atoms with Gasteiger partial charge in [0.15, 0.2) is 0 Å². The molecule has 1 rings (SSSR count). The van der Waals surface area contributed by atoms with E-state index in [1.807, 2.05) is 24.3 Å². The van der Waals surface area contributed by atoms with E-state index in [1.165, 1.54) is 14.2 Å². The molecular weight excluding hydrogens is 412 g/mol. The first-order valence-electron chi connectivity index (χ1n) is 11.2. The van der Waals surface area contributed by atoms with Gasteiger partial charge in [-0.05, 0) is 36.8 Å². The standard InChI is InChI=1S/C24H36N2O6/c1-31-23(29)9-5-3-7-15-25-21(27)17-19-11-13-20(14-12-19)18-22(28)26-16-8-4-6-10-24(30)32-2/h11-14H,3-10,15-18H2,1-2H3,(H,25,27)(H,26,28). The third kappa shape index (κ3) is 13.4. The first kappa shape index (κ1) is 27.1. The van der Waals surface area contributed by atoms with Gasteiger partial charge in [-0.3, -0.25) is 19.2 Å². The summed E-state index contributed by atoms with van der Waals surface area (Å²) in [6.07, 6.45) is 6.28. The third-order valence-electron chi connectivity index (χ3n) is 4.97. The van der Waals surface area contributed by atoms with Crippen molar-refractivity contribution in [3.8, 4) is 0 Å². The van der Waals surface area contributed by atoms with Gasteiger partial charge < -0.3 is 20.1 Å². The third-order valence-corrected chi connectivity index (χ3v) is 4.97. The van der Waals surface area contributed by atoms with Gasteiger partial charge in [0.2, 0.25) is 11.8 Å². The number of carbonyl (C=O) groups is 4. The Balaban J connectivity index is 2.16. The Morgan fingerprint density at radius 2 is 1.00 bits per heavy atom. The lowest BCUT2D eigenvalue weighted by atomic mass is 10.1. The Hall–Kier alpha value is -2.90. The van der Waals surface area contributed by atoms with Gasteiger partial charge in [0, 0.05) is 25.9 Å². The Kier molecular flexibility index (Phi) is 14.2. The molecule has 32 heavy (non-hydrogen) atoms. The van der Waals surface area contributed by atoms with E-state index in [-0.39, 0.29) is 23.8 Å². The zero-order valence-corrected chi connectivity index (χ0v) is 19.2. The minimum absolute atomic E-state index is 0.0457. The zero-order valence-electron chi connectivity index (χ0n) is 19.2. The second kappa shape index (κ2) is 16.8. The summed E-state index contributed by atoms with van der Waals surface area (Å²) < 4.78 is 9.17. The molecule has 0 aliphatic heterocycles. The molecule has 0 heterocycles. The van der Waals surface area contributed by atoms with Crippen LogP contribution in [-0.4, -0.2) is 51.1 Å². The Bertz CT molecular complexity index is 657. The number of amides is 2. The predicted octanol–water partition coefficient (Wildman–Crippen LogP) is 2.47. The van der Waals surface area contributed by atoms with E-state index in [0.29, 0.717) is 38.8 Å². The molecule has 0 aliphatic carbocycles. The first-order valence-corrected chi connectivity index (χ1v) is 11.2. The lowest BCUT2D eigenvalue weighted by Crippen LogP contribution is -2.26. The van der Waals surface area contributed by atoms with Crippen molar-refractivity contribution >= 4 is 23.8 Å². The number of nitrogens with one attached hydrogen (secondary N) is 2. The number of ether oxygens (including phenoxy) is 2. The SMILES string of the molecule is COC(=O)CCCCCNC(=O)Cc1ccc(CC(=O)NCCCCCC(=O)OC)cc1. The molecule has 8 heteroatoms. The first-order chi connectivity index (χ1) is 15.4. The van der Waals surface area contributed by atoms with Gasteiger partial charge in [-0.2, -0.15) is 0 Å². The normalized spacial score (nSPS) is 10.3. The predicted molar refractivity (Wildman–Crippen MR) is 121 cm³/mol. The van der Waals surface area contributed by atoms with Gasteiger partial charge in [0.1, 0.15) is 0 Å². The molecule has 178 valence electrons. The van der Waals surface area contributed by atoms with Crippen molar-refractivity contribution in [1.82, 2.24) is 10.6 Å². The molecular formula is C24H36N2O6. The van der Waals surface area contributed by atoms with E-state index in [4.69, 9.17) is 0 Å². The van der Waals surface area contributed by atoms with Crippen LogP contribution in [0.1, 0.15) is 62.5 Å². The molecule has 0 bridgehead atoms. The van der Waals surface area contributed by atoms with Crippen molar-refractivity contribution in [1.29, 1.82) is 0 Å². The summed E-state index contributed by atoms with van der Waals surface area (Å²) in [4.78, 5) is 46.1. The number of unbranched alkanes of at least 4 members (excludes halogenated alkanes) is 4. The number of esters is 2. The van der Waals surface area contributed by atoms with Crippen LogP contribution in [0.25, 0.3) is 0 Å². The van der Waals surface area contributed by atoms with Crippen molar-refractivity contribution in [2.45, 2.75) is 64.2 Å². The van der Waals surface area contributed by atoms with E-state index >= 15 is 0 Å². The molecule has 0 fully saturated rings. The summed E-state index contributed by atoms with van der Waals surface area (Å²) in [5, 5.41) is 5.76. The summed E-state index contributed by atoms with van der Waals surface area (Å²) in [5.41, 5.74) is 1.78. The summed E-state index contributed by atoms with van der Waals surface area (Å²) in [7, 11) is 2.76. The van der Waals surface area contributed by atoms with Crippen molar-refractivity contribution in [3.05, 3.63) is 35.4 Å². The van der Waals surface area contributed by atoms with Crippen LogP contribution in [-0.2, 0) is 41.5 Å². The molecule has 0 saturated carbocycles. The fourth-order valence-electron chi connectivity index (χ4n) is 3.07. The lowest BCUT2D eigenvalue weighted by molar-refractivity contribution is -0.141. The highest BCUT2D eigenvalue weighted by Crippen LogP contribution is 2.07. The number of rotatable bonds is 16. The molecule has 0 radical (unpaired) electrons. The number of hydrogen-bond acceptors (Lipinski definition) is 6. The molecule has 0 saturated heterocycles. The second-order valence-electron chi connectivity index (χ2n) is 7.64. The topological polar surface area (TPSA) is 111 Å². The van der Waals surface area contributed by atoms with Gasteiger partial charge in [0.05, 0.1) is 27.1 Å². The largest absolute Gasteiger partial charge is 0.469 e. The van der Waals surface area contributed by atoms with E-state index in [1.54, 1.807) is 0 Å². The fourth-order valence-corrected chi connectivity index (χ4v) is 3.07. The zero-order chi connectivity index (χ0) is 23.6. The molecule has 1 aromatic rings. The number of methoxy groups -OCH3 is 2. The van der Waals surface area contributed by atoms with Crippen LogP contribution in [0.4, 0.5) is 0 Å². The molecule has 8 nitrogen and oxygen atoms in total. The van der Waals surface area contributed by atoms with Gasteiger partial charge >= 0.3 is 11.9 Å². The smallest absolute Gasteiger partial charge is 0.305 e. The average molecular weight is 449 g/mol. The van der Waals surface area contributed by atoms with E-state index in [0.717, 1.165) is 49.7 Å². The molecule has 0 aromatic heterocycles. The monoisotopic (exact) mass is 448 g/mol. The van der Waals surface area contributed by atoms with Gasteiger partial charge in [-0.1, -0.05) is 37.1 Å². The second-order valence-corrected chi connectivity index (χ2v) is 7.64. The van der Waals surface area contributed by atoms with Gasteiger partial charge in [0.25, 0.3) is 0 Å². The molecule has 1 aromatic carbocycles. The van der Waals surface area contributed by atoms with E-state index < -0.39 is 0 Å². The maximum absolute atomic E-state index is 12.0. The van der Waals surface area contributed by atoms with Gasteiger partial charge in [-0.25, -0.2) is 0 Å². The van der Waals surface area contributed by atoms with Crippen LogP contribution in [0.2, 0.25) is 0 Å². The van der Waals surface area contributed by atoms with Crippen LogP contribution < -0.4 is 10.6 Å². The van der Waals surface area contributed by atoms with Gasteiger partial charge in [-0.15, -0.1) is 0 Å². The minimum Gasteiger partial charge on any atom is -0.469 e. The summed E-state index contributed by atoms with van der Waals surface area (Å²) in [5.74, 6) is -0.504. The minimum atomic E-state index is -0.206. The number of carbonyl (C=O) groups excluding carboxylic acids is 4. The molecule has 0 atom stereocenters. The average Bonchev–Trinajstić information content (AvgIpc) is 2.79. The van der Waals surface area contributed by atoms with Crippen LogP contribution in [0, 0.1) is 0 Å². The molecule has 2 N–H and O–H groups in total. The maximum atomic E-state index is 12.0. The van der Waals surface area contributed by atoms with Crippen molar-refractivity contribution in [3.63, 3.8) is 0 Å². The van der Waals surface area contributed by atoms with Crippen LogP contribution >= 0.6 is 0 Å². The van der Waals surface area contributed by atoms with Crippen molar-refractivity contribution < 1.29 is 28.7 Å². The Labute approximate surface area is 190 Å². The van der Waals surface area contributed by atoms with Crippen LogP contribution in [0.3, 0.4) is 0 Å². The highest BCUT2D eigenvalue weighted by Gasteiger charge is 2.06. The quantitative estimate of drug-likeness (QED) is 0.297. The summed E-state index contributed by atoms with van der Waals surface area (Å²) >= 11 is 0. The fraction of sp³-hybridized carbons (Fsp3) is 0.583. The van der Waals surface area contributed by atoms with E-state index in [9.17, 15) is 19.2 Å². The molecule has 0 spiro atoms. The highest BCUT2D eigenvalue weighted by atomic mass is 16.5. The highest BCUT2D eigenvalue weighted by molar-refractivity contribution is 5.79. The van der Waals surface area contributed by atoms with Crippen LogP contribution in [0.5, 0.6) is 0 Å². The van der Waals surface area contributed by atoms with Crippen molar-refractivity contribution in [2.24, 2.45) is 0 Å². The molecule has 0 unspecified atom stereocenters. The van der Waals surface area contributed by atoms with Crippen LogP contribution in [0.15, 0.2) is 24.3 Å². The van der Waals surface area contributed by atoms with Crippen molar-refractivity contribution in [2.75, 3.05) is 27.3 Å². The van der Waals surface area contributed by atoms with E-state index in [2.05, 4.69) is 20.1 Å². The molecule has 2 amide bonds. The molecule has 0 aliphatic rings. The summed E-state index contributed by atoms with van der Waals surface area (Å²) in [6.45, 7) is 1.17. The maximum Gasteiger partial charge on any atom is 0.305 e. The Morgan fingerprint density at radius 1 is 0.625 bits per heavy atom. The number of benzene rings is 1.